The van der Waals surface area contributed by atoms with Crippen LogP contribution in [0.25, 0.3) is 0 Å². The van der Waals surface area contributed by atoms with E-state index in [1.165, 1.54) is 0 Å². The third-order valence-electron chi connectivity index (χ3n) is 1.23. The minimum Gasteiger partial charge on any atom is -0.460 e. The molecule has 1 atom stereocenters. The van der Waals surface area contributed by atoms with E-state index in [1.54, 1.807) is 20.8 Å². The Morgan fingerprint density at radius 2 is 1.79 bits per heavy atom. The Hall–Kier alpha value is -0.780. The lowest BCUT2D eigenvalue weighted by molar-refractivity contribution is -0.171. The van der Waals surface area contributed by atoms with Gasteiger partial charge in [-0.3, -0.25) is 4.79 Å². The Bertz CT molecular complexity index is 208. The Kier molecular flexibility index (Phi) is 3.93. The molecule has 0 unspecified atom stereocenters. The second-order valence-electron chi connectivity index (χ2n) is 3.94. The second-order valence-corrected chi connectivity index (χ2v) is 3.94. The molecule has 0 radical (unpaired) electrons. The number of esters is 1. The van der Waals surface area contributed by atoms with Crippen molar-refractivity contribution in [2.75, 3.05) is 0 Å². The van der Waals surface area contributed by atoms with E-state index in [9.17, 15) is 18.0 Å². The van der Waals surface area contributed by atoms with E-state index in [2.05, 4.69) is 4.74 Å². The number of alkyl halides is 3. The van der Waals surface area contributed by atoms with Crippen molar-refractivity contribution in [2.45, 2.75) is 45.0 Å². The van der Waals surface area contributed by atoms with Crippen LogP contribution in [-0.2, 0) is 9.53 Å². The van der Waals surface area contributed by atoms with Gasteiger partial charge in [-0.25, -0.2) is 0 Å². The Morgan fingerprint density at radius 1 is 1.36 bits per heavy atom. The van der Waals surface area contributed by atoms with E-state index < -0.39 is 30.2 Å². The molecule has 0 rings (SSSR count). The molecular weight excluding hydrogens is 199 g/mol. The molecule has 0 heterocycles. The highest BCUT2D eigenvalue weighted by Crippen LogP contribution is 2.21. The largest absolute Gasteiger partial charge is 0.460 e. The number of rotatable bonds is 2. The van der Waals surface area contributed by atoms with Gasteiger partial charge >= 0.3 is 12.1 Å². The molecule has 0 aromatic heterocycles. The summed E-state index contributed by atoms with van der Waals surface area (Å²) in [6.07, 6.45) is -5.41. The summed E-state index contributed by atoms with van der Waals surface area (Å²) in [5.41, 5.74) is 3.96. The zero-order valence-corrected chi connectivity index (χ0v) is 8.31. The SMILES string of the molecule is CC(C)(C)OC(=O)C[C@@H](N)C(F)(F)F. The number of carbonyl (C=O) groups excluding carboxylic acids is 1. The summed E-state index contributed by atoms with van der Waals surface area (Å²) in [5, 5.41) is 0. The van der Waals surface area contributed by atoms with Gasteiger partial charge in [0.2, 0.25) is 0 Å². The van der Waals surface area contributed by atoms with Crippen LogP contribution in [0.4, 0.5) is 13.2 Å². The van der Waals surface area contributed by atoms with Gasteiger partial charge in [0.15, 0.2) is 0 Å². The molecule has 0 aliphatic carbocycles. The Morgan fingerprint density at radius 3 is 2.07 bits per heavy atom. The van der Waals surface area contributed by atoms with Gasteiger partial charge in [-0.05, 0) is 20.8 Å². The lowest BCUT2D eigenvalue weighted by Gasteiger charge is -2.21. The van der Waals surface area contributed by atoms with Crippen molar-refractivity contribution in [2.24, 2.45) is 5.73 Å². The maximum absolute atomic E-state index is 11.9. The van der Waals surface area contributed by atoms with E-state index in [1.807, 2.05) is 0 Å². The van der Waals surface area contributed by atoms with Gasteiger partial charge in [0.25, 0.3) is 0 Å². The Labute approximate surface area is 80.4 Å². The van der Waals surface area contributed by atoms with Crippen LogP contribution in [0.5, 0.6) is 0 Å². The van der Waals surface area contributed by atoms with Gasteiger partial charge in [-0.15, -0.1) is 0 Å². The van der Waals surface area contributed by atoms with Crippen LogP contribution in [-0.4, -0.2) is 23.8 Å². The highest BCUT2D eigenvalue weighted by molar-refractivity contribution is 5.70. The lowest BCUT2D eigenvalue weighted by Crippen LogP contribution is -2.40. The number of hydrogen-bond donors (Lipinski definition) is 1. The van der Waals surface area contributed by atoms with E-state index in [0.717, 1.165) is 0 Å². The highest BCUT2D eigenvalue weighted by Gasteiger charge is 2.38. The summed E-state index contributed by atoms with van der Waals surface area (Å²) in [6, 6.07) is -2.16. The number of ether oxygens (including phenoxy) is 1. The third kappa shape index (κ3) is 5.80. The van der Waals surface area contributed by atoms with Gasteiger partial charge in [0.05, 0.1) is 6.42 Å². The highest BCUT2D eigenvalue weighted by atomic mass is 19.4. The minimum absolute atomic E-state index is 0.789. The van der Waals surface area contributed by atoms with Gasteiger partial charge < -0.3 is 10.5 Å². The fourth-order valence-corrected chi connectivity index (χ4v) is 0.678. The normalized spacial score (nSPS) is 15.1. The van der Waals surface area contributed by atoms with Crippen LogP contribution < -0.4 is 5.73 Å². The molecule has 2 N–H and O–H groups in total. The van der Waals surface area contributed by atoms with Crippen molar-refractivity contribution in [3.05, 3.63) is 0 Å². The molecule has 0 saturated heterocycles. The van der Waals surface area contributed by atoms with Crippen molar-refractivity contribution in [3.63, 3.8) is 0 Å². The molecule has 0 aromatic rings. The molecule has 0 aliphatic heterocycles. The summed E-state index contributed by atoms with van der Waals surface area (Å²) in [4.78, 5) is 10.9. The van der Waals surface area contributed by atoms with Crippen molar-refractivity contribution in [1.82, 2.24) is 0 Å². The van der Waals surface area contributed by atoms with E-state index in [0.29, 0.717) is 0 Å². The maximum Gasteiger partial charge on any atom is 0.404 e. The minimum atomic E-state index is -4.56. The summed E-state index contributed by atoms with van der Waals surface area (Å²) < 4.78 is 40.4. The van der Waals surface area contributed by atoms with Gasteiger partial charge in [-0.1, -0.05) is 0 Å². The summed E-state index contributed by atoms with van der Waals surface area (Å²) >= 11 is 0. The van der Waals surface area contributed by atoms with Crippen molar-refractivity contribution >= 4 is 5.97 Å². The molecule has 0 aromatic carbocycles. The zero-order chi connectivity index (χ0) is 11.6. The average Bonchev–Trinajstić information content (AvgIpc) is 1.79. The van der Waals surface area contributed by atoms with E-state index in [4.69, 9.17) is 5.73 Å². The third-order valence-corrected chi connectivity index (χ3v) is 1.23. The van der Waals surface area contributed by atoms with Crippen molar-refractivity contribution in [1.29, 1.82) is 0 Å². The quantitative estimate of drug-likeness (QED) is 0.709. The van der Waals surface area contributed by atoms with Crippen LogP contribution in [0.2, 0.25) is 0 Å². The number of carbonyl (C=O) groups is 1. The molecule has 84 valence electrons. The smallest absolute Gasteiger partial charge is 0.404 e. The number of nitrogens with two attached hydrogens (primary N) is 1. The molecule has 14 heavy (non-hydrogen) atoms. The van der Waals surface area contributed by atoms with Crippen LogP contribution >= 0.6 is 0 Å². The van der Waals surface area contributed by atoms with Gasteiger partial charge in [0, 0.05) is 0 Å². The monoisotopic (exact) mass is 213 g/mol. The van der Waals surface area contributed by atoms with Crippen LogP contribution in [0, 0.1) is 0 Å². The Balaban J connectivity index is 4.09. The maximum atomic E-state index is 11.9. The lowest BCUT2D eigenvalue weighted by atomic mass is 10.2. The molecule has 6 heteroatoms. The fourth-order valence-electron chi connectivity index (χ4n) is 0.678. The van der Waals surface area contributed by atoms with Crippen LogP contribution in [0.3, 0.4) is 0 Å². The fraction of sp³-hybridized carbons (Fsp3) is 0.875. The molecule has 0 spiro atoms. The summed E-state index contributed by atoms with van der Waals surface area (Å²) in [7, 11) is 0. The van der Waals surface area contributed by atoms with Crippen molar-refractivity contribution < 1.29 is 22.7 Å². The summed E-state index contributed by atoms with van der Waals surface area (Å²) in [6.45, 7) is 4.72. The van der Waals surface area contributed by atoms with Gasteiger partial charge in [0.1, 0.15) is 11.6 Å². The number of halogens is 3. The van der Waals surface area contributed by atoms with E-state index in [-0.39, 0.29) is 0 Å². The molecule has 0 amide bonds. The second kappa shape index (κ2) is 4.16. The zero-order valence-electron chi connectivity index (χ0n) is 8.31. The first kappa shape index (κ1) is 13.2. The molecule has 3 nitrogen and oxygen atoms in total. The first-order valence-electron chi connectivity index (χ1n) is 4.06. The average molecular weight is 213 g/mol. The van der Waals surface area contributed by atoms with Crippen LogP contribution in [0.1, 0.15) is 27.2 Å². The number of hydrogen-bond acceptors (Lipinski definition) is 3. The standard InChI is InChI=1S/C8H14F3NO2/c1-7(2,3)14-6(13)4-5(12)8(9,10)11/h5H,4,12H2,1-3H3/t5-/m1/s1. The van der Waals surface area contributed by atoms with Crippen LogP contribution in [0.15, 0.2) is 0 Å². The molecule has 0 fully saturated rings. The molecular formula is C8H14F3NO2. The predicted octanol–water partition coefficient (Wildman–Crippen LogP) is 1.61. The summed E-state index contributed by atoms with van der Waals surface area (Å²) in [5.74, 6) is -0.942. The first-order valence-corrected chi connectivity index (χ1v) is 4.06. The molecule has 0 saturated carbocycles. The van der Waals surface area contributed by atoms with Crippen molar-refractivity contribution in [3.8, 4) is 0 Å². The first-order chi connectivity index (χ1) is 6.02. The molecule has 0 aliphatic rings. The van der Waals surface area contributed by atoms with E-state index >= 15 is 0 Å². The topological polar surface area (TPSA) is 52.3 Å². The van der Waals surface area contributed by atoms with Gasteiger partial charge in [-0.2, -0.15) is 13.2 Å². The molecule has 0 bridgehead atoms. The predicted molar refractivity (Wildman–Crippen MR) is 44.5 cm³/mol.